The summed E-state index contributed by atoms with van der Waals surface area (Å²) in [6.45, 7) is 0.543. The first kappa shape index (κ1) is 12.0. The molecule has 0 bridgehead atoms. The van der Waals surface area contributed by atoms with E-state index in [2.05, 4.69) is 26.6 Å². The number of nitriles is 1. The zero-order valence-electron chi connectivity index (χ0n) is 10.6. The molecule has 0 unspecified atom stereocenters. The van der Waals surface area contributed by atoms with Gasteiger partial charge >= 0.3 is 0 Å². The molecule has 0 saturated heterocycles. The number of hydrogen-bond acceptors (Lipinski definition) is 6. The van der Waals surface area contributed by atoms with E-state index < -0.39 is 0 Å². The highest BCUT2D eigenvalue weighted by Gasteiger charge is 2.14. The fraction of sp³-hybridized carbons (Fsp3) is 0.154. The van der Waals surface area contributed by atoms with Crippen molar-refractivity contribution in [1.82, 2.24) is 25.0 Å². The minimum absolute atomic E-state index is 0.396. The molecule has 0 N–H and O–H groups in total. The molecule has 2 heterocycles. The molecule has 0 aliphatic carbocycles. The zero-order valence-corrected chi connectivity index (χ0v) is 10.6. The van der Waals surface area contributed by atoms with Crippen LogP contribution in [0.5, 0.6) is 0 Å². The van der Waals surface area contributed by atoms with Gasteiger partial charge in [-0.25, -0.2) is 0 Å². The normalized spacial score (nSPS) is 10.3. The van der Waals surface area contributed by atoms with Crippen LogP contribution in [0, 0.1) is 11.3 Å². The average Bonchev–Trinajstić information content (AvgIpc) is 2.98. The number of hydrogen-bond donors (Lipinski definition) is 0. The predicted octanol–water partition coefficient (Wildman–Crippen LogP) is 1.57. The Kier molecular flexibility index (Phi) is 3.20. The van der Waals surface area contributed by atoms with E-state index >= 15 is 0 Å². The van der Waals surface area contributed by atoms with Crippen LogP contribution >= 0.6 is 0 Å². The molecule has 7 nitrogen and oxygen atoms in total. The van der Waals surface area contributed by atoms with Crippen molar-refractivity contribution in [1.29, 1.82) is 5.26 Å². The highest BCUT2D eigenvalue weighted by atomic mass is 15.5. The van der Waals surface area contributed by atoms with E-state index in [9.17, 15) is 0 Å². The number of tetrazole rings is 1. The standard InChI is InChI=1S/C13H11N7/c14-7-4-8-19(11-5-2-1-3-6-11)13-10-15-9-12-16-17-18-20(12)13/h1-3,5-6,9-10H,4,8H2. The SMILES string of the molecule is N#CCCN(c1ccccc1)c1cncc2nnnn12. The second kappa shape index (κ2) is 5.32. The van der Waals surface area contributed by atoms with Crippen molar-refractivity contribution in [2.45, 2.75) is 6.42 Å². The van der Waals surface area contributed by atoms with Gasteiger partial charge in [0.05, 0.1) is 24.9 Å². The Balaban J connectivity index is 2.10. The summed E-state index contributed by atoms with van der Waals surface area (Å²) in [4.78, 5) is 6.12. The first-order valence-corrected chi connectivity index (χ1v) is 6.12. The number of para-hydroxylation sites is 1. The van der Waals surface area contributed by atoms with Gasteiger partial charge in [-0.15, -0.1) is 5.10 Å². The van der Waals surface area contributed by atoms with E-state index in [0.717, 1.165) is 11.5 Å². The summed E-state index contributed by atoms with van der Waals surface area (Å²) in [5.41, 5.74) is 1.54. The molecule has 0 amide bonds. The van der Waals surface area contributed by atoms with E-state index in [4.69, 9.17) is 5.26 Å². The molecule has 3 rings (SSSR count). The third-order valence-electron chi connectivity index (χ3n) is 2.88. The summed E-state index contributed by atoms with van der Waals surface area (Å²) in [6, 6.07) is 11.9. The second-order valence-corrected chi connectivity index (χ2v) is 4.11. The van der Waals surface area contributed by atoms with Crippen molar-refractivity contribution in [3.63, 3.8) is 0 Å². The van der Waals surface area contributed by atoms with Crippen molar-refractivity contribution in [2.75, 3.05) is 11.4 Å². The quantitative estimate of drug-likeness (QED) is 0.712. The molecule has 0 atom stereocenters. The second-order valence-electron chi connectivity index (χ2n) is 4.11. The van der Waals surface area contributed by atoms with Crippen LogP contribution in [0.25, 0.3) is 5.65 Å². The molecule has 0 fully saturated rings. The summed E-state index contributed by atoms with van der Waals surface area (Å²) in [6.07, 6.45) is 3.68. The predicted molar refractivity (Wildman–Crippen MR) is 72.3 cm³/mol. The fourth-order valence-corrected chi connectivity index (χ4v) is 1.99. The maximum Gasteiger partial charge on any atom is 0.199 e. The molecule has 0 aliphatic heterocycles. The average molecular weight is 265 g/mol. The molecule has 1 aromatic carbocycles. The van der Waals surface area contributed by atoms with E-state index in [0.29, 0.717) is 18.6 Å². The third kappa shape index (κ3) is 2.14. The summed E-state index contributed by atoms with van der Waals surface area (Å²) >= 11 is 0. The molecule has 0 spiro atoms. The minimum Gasteiger partial charge on any atom is -0.324 e. The van der Waals surface area contributed by atoms with Gasteiger partial charge in [-0.05, 0) is 22.6 Å². The van der Waals surface area contributed by atoms with E-state index in [1.165, 1.54) is 0 Å². The maximum absolute atomic E-state index is 8.84. The highest BCUT2D eigenvalue weighted by Crippen LogP contribution is 2.24. The summed E-state index contributed by atoms with van der Waals surface area (Å²) in [5, 5.41) is 20.3. The molecule has 0 aliphatic rings. The van der Waals surface area contributed by atoms with Crippen molar-refractivity contribution >= 4 is 17.2 Å². The van der Waals surface area contributed by atoms with Crippen LogP contribution in [0.2, 0.25) is 0 Å². The lowest BCUT2D eigenvalue weighted by Crippen LogP contribution is -2.21. The number of fused-ring (bicyclic) bond motifs is 1. The highest BCUT2D eigenvalue weighted by molar-refractivity contribution is 5.61. The van der Waals surface area contributed by atoms with Crippen LogP contribution in [0.1, 0.15) is 6.42 Å². The summed E-state index contributed by atoms with van der Waals surface area (Å²) in [7, 11) is 0. The van der Waals surface area contributed by atoms with Crippen LogP contribution in [0.4, 0.5) is 11.5 Å². The third-order valence-corrected chi connectivity index (χ3v) is 2.88. The molecule has 98 valence electrons. The van der Waals surface area contributed by atoms with E-state index in [1.54, 1.807) is 16.9 Å². The Hall–Kier alpha value is -3.01. The van der Waals surface area contributed by atoms with Crippen molar-refractivity contribution in [2.24, 2.45) is 0 Å². The fourth-order valence-electron chi connectivity index (χ4n) is 1.99. The monoisotopic (exact) mass is 265 g/mol. The van der Waals surface area contributed by atoms with Gasteiger partial charge in [-0.3, -0.25) is 4.98 Å². The first-order valence-electron chi connectivity index (χ1n) is 6.12. The molecule has 20 heavy (non-hydrogen) atoms. The first-order chi connectivity index (χ1) is 9.90. The number of nitrogens with zero attached hydrogens (tertiary/aromatic N) is 7. The van der Waals surface area contributed by atoms with Gasteiger partial charge in [0, 0.05) is 12.2 Å². The zero-order chi connectivity index (χ0) is 13.8. The van der Waals surface area contributed by atoms with Gasteiger partial charge in [-0.2, -0.15) is 9.78 Å². The minimum atomic E-state index is 0.396. The van der Waals surface area contributed by atoms with Crippen LogP contribution in [-0.2, 0) is 0 Å². The van der Waals surface area contributed by atoms with Gasteiger partial charge < -0.3 is 4.90 Å². The maximum atomic E-state index is 8.84. The van der Waals surface area contributed by atoms with Crippen molar-refractivity contribution in [3.05, 3.63) is 42.7 Å². The number of rotatable bonds is 4. The molecule has 0 radical (unpaired) electrons. The molecule has 0 saturated carbocycles. The molecule has 7 heteroatoms. The number of anilines is 2. The van der Waals surface area contributed by atoms with Crippen molar-refractivity contribution in [3.8, 4) is 6.07 Å². The smallest absolute Gasteiger partial charge is 0.199 e. The van der Waals surface area contributed by atoms with Gasteiger partial charge in [0.15, 0.2) is 11.5 Å². The Morgan fingerprint density at radius 1 is 1.20 bits per heavy atom. The number of aromatic nitrogens is 5. The molecule has 3 aromatic rings. The molecular weight excluding hydrogens is 254 g/mol. The Bertz CT molecular complexity index is 744. The van der Waals surface area contributed by atoms with E-state index in [1.807, 2.05) is 35.2 Å². The summed E-state index contributed by atoms with van der Waals surface area (Å²) in [5.74, 6) is 0.731. The topological polar surface area (TPSA) is 83.0 Å². The van der Waals surface area contributed by atoms with Crippen LogP contribution < -0.4 is 4.90 Å². The lowest BCUT2D eigenvalue weighted by molar-refractivity contribution is 0.796. The van der Waals surface area contributed by atoms with Gasteiger partial charge in [0.2, 0.25) is 0 Å². The Morgan fingerprint density at radius 2 is 2.05 bits per heavy atom. The van der Waals surface area contributed by atoms with Gasteiger partial charge in [0.1, 0.15) is 0 Å². The van der Waals surface area contributed by atoms with Crippen LogP contribution in [0.3, 0.4) is 0 Å². The van der Waals surface area contributed by atoms with Crippen LogP contribution in [0.15, 0.2) is 42.7 Å². The number of benzene rings is 1. The van der Waals surface area contributed by atoms with Gasteiger partial charge in [0.25, 0.3) is 0 Å². The molecular formula is C13H11N7. The van der Waals surface area contributed by atoms with Crippen molar-refractivity contribution < 1.29 is 0 Å². The largest absolute Gasteiger partial charge is 0.324 e. The van der Waals surface area contributed by atoms with E-state index in [-0.39, 0.29) is 0 Å². The lowest BCUT2D eigenvalue weighted by atomic mass is 10.2. The molecule has 2 aromatic heterocycles. The van der Waals surface area contributed by atoms with Gasteiger partial charge in [-0.1, -0.05) is 18.2 Å². The Labute approximate surface area is 115 Å². The summed E-state index contributed by atoms with van der Waals surface area (Å²) < 4.78 is 1.61. The lowest BCUT2D eigenvalue weighted by Gasteiger charge is -2.23. The Morgan fingerprint density at radius 3 is 2.85 bits per heavy atom. The van der Waals surface area contributed by atoms with Crippen LogP contribution in [-0.4, -0.2) is 31.6 Å².